The molecule has 0 N–H and O–H groups in total. The van der Waals surface area contributed by atoms with Crippen molar-refractivity contribution in [2.75, 3.05) is 5.75 Å². The molecule has 0 bridgehead atoms. The molecule has 0 saturated heterocycles. The van der Waals surface area contributed by atoms with Crippen LogP contribution >= 0.6 is 35.0 Å². The summed E-state index contributed by atoms with van der Waals surface area (Å²) in [5.41, 5.74) is 0. The SMILES string of the molecule is ClC1(Cl)CC1CSc1nnc(COc2ccccc2)o1. The Labute approximate surface area is 130 Å². The average molecular weight is 331 g/mol. The number of nitrogens with zero attached hydrogens (tertiary/aromatic N) is 2. The molecule has 1 aromatic heterocycles. The third-order valence-electron chi connectivity index (χ3n) is 2.92. The minimum atomic E-state index is -0.563. The molecule has 0 amide bonds. The smallest absolute Gasteiger partial charge is 0.276 e. The molecule has 1 atom stereocenters. The zero-order valence-corrected chi connectivity index (χ0v) is 12.8. The Morgan fingerprint density at radius 3 is 2.75 bits per heavy atom. The number of para-hydroxylation sites is 1. The van der Waals surface area contributed by atoms with Gasteiger partial charge in [0.15, 0.2) is 6.61 Å². The number of hydrogen-bond donors (Lipinski definition) is 0. The van der Waals surface area contributed by atoms with Gasteiger partial charge in [-0.2, -0.15) is 0 Å². The van der Waals surface area contributed by atoms with Crippen LogP contribution in [0.4, 0.5) is 0 Å². The maximum atomic E-state index is 5.96. The van der Waals surface area contributed by atoms with Gasteiger partial charge in [0, 0.05) is 11.7 Å². The summed E-state index contributed by atoms with van der Waals surface area (Å²) in [5.74, 6) is 2.31. The van der Waals surface area contributed by atoms with Gasteiger partial charge in [0.1, 0.15) is 10.1 Å². The predicted octanol–water partition coefficient (Wildman–Crippen LogP) is 3.93. The average Bonchev–Trinajstić information content (AvgIpc) is 2.87. The van der Waals surface area contributed by atoms with Crippen LogP contribution in [0.3, 0.4) is 0 Å². The van der Waals surface area contributed by atoms with Gasteiger partial charge in [-0.1, -0.05) is 30.0 Å². The highest BCUT2D eigenvalue weighted by Gasteiger charge is 2.51. The van der Waals surface area contributed by atoms with Crippen LogP contribution in [0.5, 0.6) is 5.75 Å². The van der Waals surface area contributed by atoms with E-state index in [0.29, 0.717) is 17.0 Å². The first-order chi connectivity index (χ1) is 9.63. The number of alkyl halides is 2. The van der Waals surface area contributed by atoms with E-state index in [-0.39, 0.29) is 6.61 Å². The van der Waals surface area contributed by atoms with E-state index in [4.69, 9.17) is 32.4 Å². The van der Waals surface area contributed by atoms with Crippen LogP contribution in [0.1, 0.15) is 12.3 Å². The van der Waals surface area contributed by atoms with Gasteiger partial charge < -0.3 is 9.15 Å². The highest BCUT2D eigenvalue weighted by Crippen LogP contribution is 2.54. The Hall–Kier alpha value is -0.910. The summed E-state index contributed by atoms with van der Waals surface area (Å²) in [6.45, 7) is 0.260. The molecule has 20 heavy (non-hydrogen) atoms. The van der Waals surface area contributed by atoms with Gasteiger partial charge >= 0.3 is 0 Å². The van der Waals surface area contributed by atoms with E-state index in [1.54, 1.807) is 0 Å². The number of hydrogen-bond acceptors (Lipinski definition) is 5. The summed E-state index contributed by atoms with van der Waals surface area (Å²) in [4.78, 5) is 0. The lowest BCUT2D eigenvalue weighted by molar-refractivity contribution is 0.252. The molecule has 3 rings (SSSR count). The van der Waals surface area contributed by atoms with Crippen molar-refractivity contribution in [2.24, 2.45) is 5.92 Å². The molecule has 0 spiro atoms. The molecule has 1 unspecified atom stereocenters. The van der Waals surface area contributed by atoms with Gasteiger partial charge in [-0.15, -0.1) is 33.4 Å². The third kappa shape index (κ3) is 3.59. The molecule has 1 fully saturated rings. The lowest BCUT2D eigenvalue weighted by Crippen LogP contribution is -1.95. The number of thioether (sulfide) groups is 1. The van der Waals surface area contributed by atoms with E-state index in [2.05, 4.69) is 10.2 Å². The first-order valence-corrected chi connectivity index (χ1v) is 7.88. The molecule has 1 aliphatic carbocycles. The Kier molecular flexibility index (Phi) is 4.10. The van der Waals surface area contributed by atoms with Gasteiger partial charge in [0.05, 0.1) is 0 Å². The zero-order chi connectivity index (χ0) is 14.0. The summed E-state index contributed by atoms with van der Waals surface area (Å²) in [6.07, 6.45) is 0.821. The second kappa shape index (κ2) is 5.84. The van der Waals surface area contributed by atoms with Gasteiger partial charge in [0.25, 0.3) is 11.1 Å². The van der Waals surface area contributed by atoms with Crippen LogP contribution in [0.2, 0.25) is 0 Å². The largest absolute Gasteiger partial charge is 0.484 e. The molecule has 1 heterocycles. The molecular formula is C13H12Cl2N2O2S. The van der Waals surface area contributed by atoms with Crippen LogP contribution in [-0.2, 0) is 6.61 Å². The van der Waals surface area contributed by atoms with Gasteiger partial charge in [-0.25, -0.2) is 0 Å². The fraction of sp³-hybridized carbons (Fsp3) is 0.385. The molecule has 106 valence electrons. The summed E-state index contributed by atoms with van der Waals surface area (Å²) in [5, 5.41) is 8.41. The fourth-order valence-electron chi connectivity index (χ4n) is 1.64. The van der Waals surface area contributed by atoms with Crippen molar-refractivity contribution in [1.29, 1.82) is 0 Å². The van der Waals surface area contributed by atoms with Gasteiger partial charge in [-0.3, -0.25) is 0 Å². The number of ether oxygens (including phenoxy) is 1. The van der Waals surface area contributed by atoms with E-state index in [0.717, 1.165) is 17.9 Å². The molecular weight excluding hydrogens is 319 g/mol. The monoisotopic (exact) mass is 330 g/mol. The first kappa shape index (κ1) is 14.0. The number of aromatic nitrogens is 2. The van der Waals surface area contributed by atoms with Crippen molar-refractivity contribution in [3.05, 3.63) is 36.2 Å². The van der Waals surface area contributed by atoms with Crippen molar-refractivity contribution in [2.45, 2.75) is 22.6 Å². The topological polar surface area (TPSA) is 48.2 Å². The van der Waals surface area contributed by atoms with Crippen molar-refractivity contribution in [3.8, 4) is 5.75 Å². The minimum absolute atomic E-state index is 0.260. The van der Waals surface area contributed by atoms with Gasteiger partial charge in [0.2, 0.25) is 0 Å². The van der Waals surface area contributed by atoms with Crippen LogP contribution in [0.15, 0.2) is 40.0 Å². The molecule has 1 saturated carbocycles. The molecule has 1 aromatic carbocycles. The summed E-state index contributed by atoms with van der Waals surface area (Å²) in [6, 6.07) is 9.49. The third-order valence-corrected chi connectivity index (χ3v) is 4.82. The van der Waals surface area contributed by atoms with Crippen molar-refractivity contribution in [1.82, 2.24) is 10.2 Å². The maximum Gasteiger partial charge on any atom is 0.276 e. The van der Waals surface area contributed by atoms with E-state index in [1.807, 2.05) is 30.3 Å². The summed E-state index contributed by atoms with van der Waals surface area (Å²) >= 11 is 13.4. The van der Waals surface area contributed by atoms with E-state index in [9.17, 15) is 0 Å². The molecule has 2 aromatic rings. The predicted molar refractivity (Wildman–Crippen MR) is 78.3 cm³/mol. The first-order valence-electron chi connectivity index (χ1n) is 6.14. The molecule has 1 aliphatic rings. The summed E-state index contributed by atoms with van der Waals surface area (Å²) < 4.78 is 10.4. The summed E-state index contributed by atoms with van der Waals surface area (Å²) in [7, 11) is 0. The molecule has 7 heteroatoms. The lowest BCUT2D eigenvalue weighted by Gasteiger charge is -2.01. The Morgan fingerprint density at radius 2 is 2.05 bits per heavy atom. The second-order valence-corrected chi connectivity index (χ2v) is 7.05. The van der Waals surface area contributed by atoms with Gasteiger partial charge in [-0.05, 0) is 18.6 Å². The Balaban J connectivity index is 1.47. The van der Waals surface area contributed by atoms with Crippen LogP contribution < -0.4 is 4.74 Å². The van der Waals surface area contributed by atoms with Crippen LogP contribution in [-0.4, -0.2) is 20.3 Å². The van der Waals surface area contributed by atoms with E-state index in [1.165, 1.54) is 11.8 Å². The van der Waals surface area contributed by atoms with E-state index >= 15 is 0 Å². The minimum Gasteiger partial charge on any atom is -0.484 e. The quantitative estimate of drug-likeness (QED) is 0.593. The standard InChI is InChI=1S/C13H12Cl2N2O2S/c14-13(15)6-9(13)8-20-12-17-16-11(19-12)7-18-10-4-2-1-3-5-10/h1-5,9H,6-8H2. The highest BCUT2D eigenvalue weighted by atomic mass is 35.5. The number of benzene rings is 1. The Bertz CT molecular complexity index is 577. The fourth-order valence-corrected chi connectivity index (χ4v) is 3.35. The number of rotatable bonds is 6. The zero-order valence-electron chi connectivity index (χ0n) is 10.5. The van der Waals surface area contributed by atoms with E-state index < -0.39 is 4.33 Å². The lowest BCUT2D eigenvalue weighted by atomic mass is 10.3. The van der Waals surface area contributed by atoms with Crippen LogP contribution in [0, 0.1) is 5.92 Å². The highest BCUT2D eigenvalue weighted by molar-refractivity contribution is 7.99. The van der Waals surface area contributed by atoms with Crippen molar-refractivity contribution in [3.63, 3.8) is 0 Å². The molecule has 4 nitrogen and oxygen atoms in total. The van der Waals surface area contributed by atoms with Crippen LogP contribution in [0.25, 0.3) is 0 Å². The van der Waals surface area contributed by atoms with Crippen molar-refractivity contribution < 1.29 is 9.15 Å². The number of halogens is 2. The molecule has 0 aliphatic heterocycles. The second-order valence-electron chi connectivity index (χ2n) is 4.54. The van der Waals surface area contributed by atoms with Crippen molar-refractivity contribution >= 4 is 35.0 Å². The molecule has 0 radical (unpaired) electrons. The maximum absolute atomic E-state index is 5.96. The normalized spacial score (nSPS) is 19.8. The Morgan fingerprint density at radius 1 is 1.30 bits per heavy atom.